The summed E-state index contributed by atoms with van der Waals surface area (Å²) < 4.78 is 0. The van der Waals surface area contributed by atoms with Crippen molar-refractivity contribution >= 4 is 5.82 Å². The minimum absolute atomic E-state index is 0.187. The third-order valence-corrected chi connectivity index (χ3v) is 1.37. The Bertz CT molecular complexity index is 422. The Labute approximate surface area is 81.8 Å². The maximum atomic E-state index is 11.0. The van der Waals surface area contributed by atoms with Gasteiger partial charge in [0.05, 0.1) is 0 Å². The molecule has 1 aromatic heterocycles. The summed E-state index contributed by atoms with van der Waals surface area (Å²) in [6.07, 6.45) is 0. The summed E-state index contributed by atoms with van der Waals surface area (Å²) >= 11 is 0. The number of anilines is 1. The molecular formula is C9H12N4O. The second kappa shape index (κ2) is 3.50. The number of hydrogen-bond acceptors (Lipinski definition) is 4. The van der Waals surface area contributed by atoms with Crippen LogP contribution in [0.5, 0.6) is 0 Å². The fourth-order valence-corrected chi connectivity index (χ4v) is 0.966. The van der Waals surface area contributed by atoms with Crippen LogP contribution < -0.4 is 11.0 Å². The van der Waals surface area contributed by atoms with E-state index in [4.69, 9.17) is 5.26 Å². The highest BCUT2D eigenvalue weighted by Gasteiger charge is 2.10. The van der Waals surface area contributed by atoms with Crippen molar-refractivity contribution in [1.82, 2.24) is 9.97 Å². The van der Waals surface area contributed by atoms with Crippen molar-refractivity contribution in [2.45, 2.75) is 26.3 Å². The maximum absolute atomic E-state index is 11.0. The molecule has 0 saturated carbocycles. The third kappa shape index (κ3) is 2.90. The van der Waals surface area contributed by atoms with Crippen molar-refractivity contribution in [3.05, 3.63) is 22.2 Å². The zero-order valence-corrected chi connectivity index (χ0v) is 8.38. The van der Waals surface area contributed by atoms with Crippen LogP contribution in [0.25, 0.3) is 0 Å². The lowest BCUT2D eigenvalue weighted by Crippen LogP contribution is -2.28. The molecule has 0 bridgehead atoms. The fraction of sp³-hybridized carbons (Fsp3) is 0.444. The van der Waals surface area contributed by atoms with E-state index in [1.165, 1.54) is 6.07 Å². The molecule has 1 rings (SSSR count). The van der Waals surface area contributed by atoms with Crippen LogP contribution in [0.4, 0.5) is 5.82 Å². The van der Waals surface area contributed by atoms with E-state index < -0.39 is 5.69 Å². The van der Waals surface area contributed by atoms with Crippen LogP contribution in [0, 0.1) is 11.3 Å². The van der Waals surface area contributed by atoms with Crippen molar-refractivity contribution in [3.63, 3.8) is 0 Å². The molecule has 1 heterocycles. The minimum atomic E-state index is -0.518. The molecule has 0 fully saturated rings. The smallest absolute Gasteiger partial charge is 0.347 e. The lowest BCUT2D eigenvalue weighted by Gasteiger charge is -2.20. The highest BCUT2D eigenvalue weighted by molar-refractivity contribution is 5.40. The van der Waals surface area contributed by atoms with Crippen molar-refractivity contribution in [1.29, 1.82) is 5.26 Å². The van der Waals surface area contributed by atoms with Crippen molar-refractivity contribution in [3.8, 4) is 6.07 Å². The van der Waals surface area contributed by atoms with Crippen LogP contribution in [-0.2, 0) is 0 Å². The van der Waals surface area contributed by atoms with Gasteiger partial charge in [0, 0.05) is 11.6 Å². The summed E-state index contributed by atoms with van der Waals surface area (Å²) in [5, 5.41) is 11.6. The second-order valence-corrected chi connectivity index (χ2v) is 3.97. The summed E-state index contributed by atoms with van der Waals surface area (Å²) in [4.78, 5) is 17.0. The van der Waals surface area contributed by atoms with Gasteiger partial charge >= 0.3 is 5.69 Å². The number of aromatic amines is 1. The quantitative estimate of drug-likeness (QED) is 0.691. The summed E-state index contributed by atoms with van der Waals surface area (Å²) in [6.45, 7) is 5.84. The highest BCUT2D eigenvalue weighted by atomic mass is 16.1. The molecular weight excluding hydrogens is 180 g/mol. The molecule has 0 unspecified atom stereocenters. The zero-order chi connectivity index (χ0) is 10.8. The summed E-state index contributed by atoms with van der Waals surface area (Å²) in [5.74, 6) is 0.415. The lowest BCUT2D eigenvalue weighted by molar-refractivity contribution is 0.629. The predicted molar refractivity (Wildman–Crippen MR) is 52.9 cm³/mol. The molecule has 0 aliphatic heterocycles. The zero-order valence-electron chi connectivity index (χ0n) is 8.38. The van der Waals surface area contributed by atoms with Crippen molar-refractivity contribution in [2.24, 2.45) is 0 Å². The molecule has 0 saturated heterocycles. The first kappa shape index (κ1) is 10.3. The Hall–Kier alpha value is -1.83. The molecule has 74 valence electrons. The predicted octanol–water partition coefficient (Wildman–Crippen LogP) is 0.852. The molecule has 0 amide bonds. The number of nitriles is 1. The molecule has 5 heteroatoms. The number of H-pyrrole nitrogens is 1. The Morgan fingerprint density at radius 2 is 2.21 bits per heavy atom. The summed E-state index contributed by atoms with van der Waals surface area (Å²) in [5.41, 5.74) is -0.499. The van der Waals surface area contributed by atoms with Gasteiger partial charge in [-0.25, -0.2) is 4.79 Å². The van der Waals surface area contributed by atoms with E-state index in [0.717, 1.165) is 0 Å². The molecule has 0 aromatic carbocycles. The fourth-order valence-electron chi connectivity index (χ4n) is 0.966. The van der Waals surface area contributed by atoms with Gasteiger partial charge in [0.2, 0.25) is 0 Å². The van der Waals surface area contributed by atoms with E-state index in [9.17, 15) is 4.79 Å². The monoisotopic (exact) mass is 192 g/mol. The average Bonchev–Trinajstić information content (AvgIpc) is 1.99. The SMILES string of the molecule is CC(C)(C)Nc1cc(C#N)[nH]c(=O)n1. The van der Waals surface area contributed by atoms with Crippen LogP contribution in [0.3, 0.4) is 0 Å². The van der Waals surface area contributed by atoms with Gasteiger partial charge in [-0.1, -0.05) is 0 Å². The first-order valence-corrected chi connectivity index (χ1v) is 4.20. The van der Waals surface area contributed by atoms with Crippen LogP contribution in [0.15, 0.2) is 10.9 Å². The number of nitrogens with one attached hydrogen (secondary N) is 2. The van der Waals surface area contributed by atoms with Gasteiger partial charge in [-0.3, -0.25) is 4.98 Å². The molecule has 2 N–H and O–H groups in total. The van der Waals surface area contributed by atoms with Gasteiger partial charge in [-0.05, 0) is 20.8 Å². The highest BCUT2D eigenvalue weighted by Crippen LogP contribution is 2.10. The molecule has 0 aliphatic rings. The molecule has 0 atom stereocenters. The Morgan fingerprint density at radius 1 is 1.57 bits per heavy atom. The largest absolute Gasteiger partial charge is 0.365 e. The molecule has 0 spiro atoms. The number of hydrogen-bond donors (Lipinski definition) is 2. The second-order valence-electron chi connectivity index (χ2n) is 3.97. The number of nitrogens with zero attached hydrogens (tertiary/aromatic N) is 2. The summed E-state index contributed by atoms with van der Waals surface area (Å²) in [6, 6.07) is 3.36. The minimum Gasteiger partial charge on any atom is -0.365 e. The maximum Gasteiger partial charge on any atom is 0.347 e. The first-order valence-electron chi connectivity index (χ1n) is 4.20. The van der Waals surface area contributed by atoms with E-state index in [0.29, 0.717) is 5.82 Å². The molecule has 1 aromatic rings. The standard InChI is InChI=1S/C9H12N4O/c1-9(2,3)13-7-4-6(5-10)11-8(14)12-7/h4H,1-3H3,(H2,11,12,13,14). The molecule has 0 aliphatic carbocycles. The Morgan fingerprint density at radius 3 is 2.71 bits per heavy atom. The van der Waals surface area contributed by atoms with Crippen LogP contribution in [-0.4, -0.2) is 15.5 Å². The molecule has 5 nitrogen and oxygen atoms in total. The van der Waals surface area contributed by atoms with Gasteiger partial charge in [0.15, 0.2) is 0 Å². The average molecular weight is 192 g/mol. The van der Waals surface area contributed by atoms with E-state index in [-0.39, 0.29) is 11.2 Å². The first-order chi connectivity index (χ1) is 6.40. The lowest BCUT2D eigenvalue weighted by atomic mass is 10.1. The van der Waals surface area contributed by atoms with Crippen molar-refractivity contribution < 1.29 is 0 Å². The normalized spacial score (nSPS) is 10.7. The van der Waals surface area contributed by atoms with Crippen LogP contribution in [0.2, 0.25) is 0 Å². The Kier molecular flexibility index (Phi) is 2.56. The Balaban J connectivity index is 3.06. The van der Waals surface area contributed by atoms with E-state index in [1.807, 2.05) is 26.8 Å². The van der Waals surface area contributed by atoms with Gasteiger partial charge in [0.1, 0.15) is 17.6 Å². The van der Waals surface area contributed by atoms with Gasteiger partial charge < -0.3 is 5.32 Å². The van der Waals surface area contributed by atoms with Crippen LogP contribution in [0.1, 0.15) is 26.5 Å². The van der Waals surface area contributed by atoms with Gasteiger partial charge in [-0.2, -0.15) is 10.2 Å². The summed E-state index contributed by atoms with van der Waals surface area (Å²) in [7, 11) is 0. The number of aromatic nitrogens is 2. The van der Waals surface area contributed by atoms with Crippen molar-refractivity contribution in [2.75, 3.05) is 5.32 Å². The van der Waals surface area contributed by atoms with E-state index in [1.54, 1.807) is 0 Å². The van der Waals surface area contributed by atoms with E-state index >= 15 is 0 Å². The van der Waals surface area contributed by atoms with E-state index in [2.05, 4.69) is 15.3 Å². The number of rotatable bonds is 1. The topological polar surface area (TPSA) is 81.6 Å². The third-order valence-electron chi connectivity index (χ3n) is 1.37. The van der Waals surface area contributed by atoms with Gasteiger partial charge in [0.25, 0.3) is 0 Å². The van der Waals surface area contributed by atoms with Crippen LogP contribution >= 0.6 is 0 Å². The molecule has 14 heavy (non-hydrogen) atoms. The van der Waals surface area contributed by atoms with Gasteiger partial charge in [-0.15, -0.1) is 0 Å². The molecule has 0 radical (unpaired) electrons.